The number of nitrogens with zero attached hydrogens (tertiary/aromatic N) is 8. The Morgan fingerprint density at radius 2 is 1.86 bits per heavy atom. The number of carbonyl (C=O) groups is 1. The van der Waals surface area contributed by atoms with Crippen molar-refractivity contribution in [2.24, 2.45) is 0 Å². The normalized spacial score (nSPS) is 20.3. The molecule has 0 bridgehead atoms. The summed E-state index contributed by atoms with van der Waals surface area (Å²) in [5, 5.41) is 15.5. The van der Waals surface area contributed by atoms with Crippen molar-refractivity contribution in [3.05, 3.63) is 72.3 Å². The first-order valence-corrected chi connectivity index (χ1v) is 17.1. The van der Waals surface area contributed by atoms with E-state index in [-0.39, 0.29) is 34.4 Å². The standard InChI is InChI=1S/C37H42FN9O3/c1-36(2,45-14-16-46(17-15-45)37(3)22-49-23-37)19-25(20-39)35(48)44-13-7-8-26(21-44)47-34-31(33(40)41-24-42-34)32(43-47)29-12-11-28(18-30(29)38)50-27-9-5-4-6-10-27/h4-6,9-12,18-19,24,26H,7-8,13-17,21-23H2,1-3H3,(H2,40,41,42)/b25-19+/t26-/m1/s1. The molecule has 7 rings (SSSR count). The smallest absolute Gasteiger partial charge is 0.264 e. The number of ether oxygens (including phenoxy) is 2. The minimum absolute atomic E-state index is 0.0966. The molecule has 2 aromatic carbocycles. The van der Waals surface area contributed by atoms with Crippen LogP contribution in [0.15, 0.2) is 66.5 Å². The van der Waals surface area contributed by atoms with Gasteiger partial charge in [-0.15, -0.1) is 0 Å². The number of nitrogens with two attached hydrogens (primary N) is 1. The number of piperidine rings is 1. The molecular weight excluding hydrogens is 637 g/mol. The zero-order valence-corrected chi connectivity index (χ0v) is 28.7. The Kier molecular flexibility index (Phi) is 9.02. The molecule has 50 heavy (non-hydrogen) atoms. The molecule has 260 valence electrons. The van der Waals surface area contributed by atoms with Gasteiger partial charge in [0.05, 0.1) is 30.2 Å². The Bertz CT molecular complexity index is 1960. The van der Waals surface area contributed by atoms with Crippen LogP contribution in [0.2, 0.25) is 0 Å². The molecule has 13 heteroatoms. The van der Waals surface area contributed by atoms with Gasteiger partial charge in [0.15, 0.2) is 5.65 Å². The number of carbonyl (C=O) groups excluding carboxylic acids is 1. The van der Waals surface area contributed by atoms with Crippen LogP contribution < -0.4 is 10.5 Å². The molecule has 0 unspecified atom stereocenters. The zero-order chi connectivity index (χ0) is 35.0. The summed E-state index contributed by atoms with van der Waals surface area (Å²) in [5.74, 6) is 0.268. The fourth-order valence-electron chi connectivity index (χ4n) is 7.31. The van der Waals surface area contributed by atoms with E-state index in [9.17, 15) is 10.1 Å². The number of hydrogen-bond acceptors (Lipinski definition) is 10. The summed E-state index contributed by atoms with van der Waals surface area (Å²) in [6.07, 6.45) is 4.57. The summed E-state index contributed by atoms with van der Waals surface area (Å²) in [4.78, 5) is 29.1. The number of benzene rings is 2. The van der Waals surface area contributed by atoms with Gasteiger partial charge >= 0.3 is 0 Å². The van der Waals surface area contributed by atoms with E-state index < -0.39 is 11.4 Å². The van der Waals surface area contributed by atoms with Crippen molar-refractivity contribution in [3.63, 3.8) is 0 Å². The summed E-state index contributed by atoms with van der Waals surface area (Å²) < 4.78 is 28.7. The molecule has 3 fully saturated rings. The van der Waals surface area contributed by atoms with Crippen LogP contribution >= 0.6 is 0 Å². The Morgan fingerprint density at radius 3 is 2.54 bits per heavy atom. The number of amides is 1. The third-order valence-electron chi connectivity index (χ3n) is 10.3. The average Bonchev–Trinajstić information content (AvgIpc) is 3.50. The molecular formula is C37H42FN9O3. The maximum Gasteiger partial charge on any atom is 0.264 e. The molecule has 0 radical (unpaired) electrons. The van der Waals surface area contributed by atoms with Crippen molar-refractivity contribution in [1.29, 1.82) is 5.26 Å². The maximum absolute atomic E-state index is 15.7. The maximum atomic E-state index is 15.7. The van der Waals surface area contributed by atoms with Gasteiger partial charge in [0.2, 0.25) is 0 Å². The first kappa shape index (κ1) is 33.6. The van der Waals surface area contributed by atoms with Gasteiger partial charge < -0.3 is 20.1 Å². The lowest BCUT2D eigenvalue weighted by Crippen LogP contribution is -2.66. The Balaban J connectivity index is 1.11. The molecule has 2 aromatic heterocycles. The minimum Gasteiger partial charge on any atom is -0.457 e. The van der Waals surface area contributed by atoms with E-state index in [1.54, 1.807) is 33.8 Å². The van der Waals surface area contributed by atoms with Crippen LogP contribution in [0.4, 0.5) is 10.2 Å². The van der Waals surface area contributed by atoms with Crippen molar-refractivity contribution in [1.82, 2.24) is 34.4 Å². The summed E-state index contributed by atoms with van der Waals surface area (Å²) in [7, 11) is 0. The van der Waals surface area contributed by atoms with Crippen molar-refractivity contribution >= 4 is 22.8 Å². The molecule has 3 saturated heterocycles. The van der Waals surface area contributed by atoms with E-state index in [1.807, 2.05) is 24.3 Å². The zero-order valence-electron chi connectivity index (χ0n) is 28.7. The Labute approximate surface area is 290 Å². The van der Waals surface area contributed by atoms with E-state index >= 15 is 4.39 Å². The Morgan fingerprint density at radius 1 is 1.10 bits per heavy atom. The van der Waals surface area contributed by atoms with E-state index in [0.717, 1.165) is 39.4 Å². The quantitative estimate of drug-likeness (QED) is 0.204. The Hall–Kier alpha value is -4.90. The number of aromatic nitrogens is 4. The number of para-hydroxylation sites is 1. The van der Waals surface area contributed by atoms with Gasteiger partial charge in [0, 0.05) is 56.4 Å². The van der Waals surface area contributed by atoms with Gasteiger partial charge in [-0.1, -0.05) is 18.2 Å². The van der Waals surface area contributed by atoms with Gasteiger partial charge in [-0.25, -0.2) is 19.0 Å². The van der Waals surface area contributed by atoms with Crippen LogP contribution in [-0.4, -0.2) is 104 Å². The second-order valence-corrected chi connectivity index (χ2v) is 14.1. The fourth-order valence-corrected chi connectivity index (χ4v) is 7.31. The SMILES string of the molecule is CC(C)(/C=C(\C#N)C(=O)N1CCC[C@@H](n2nc(-c3ccc(Oc4ccccc4)cc3F)c3c(N)ncnc32)C1)N1CCN(C2(C)COC2)CC1. The molecule has 4 aromatic rings. The van der Waals surface area contributed by atoms with E-state index in [0.29, 0.717) is 54.2 Å². The molecule has 5 heterocycles. The highest BCUT2D eigenvalue weighted by Gasteiger charge is 2.42. The van der Waals surface area contributed by atoms with E-state index in [4.69, 9.17) is 20.3 Å². The number of fused-ring (bicyclic) bond motifs is 1. The predicted molar refractivity (Wildman–Crippen MR) is 187 cm³/mol. The van der Waals surface area contributed by atoms with Gasteiger partial charge in [0.25, 0.3) is 5.91 Å². The highest BCUT2D eigenvalue weighted by atomic mass is 19.1. The van der Waals surface area contributed by atoms with E-state index in [2.05, 4.69) is 46.6 Å². The highest BCUT2D eigenvalue weighted by Crippen LogP contribution is 2.37. The number of piperazine rings is 1. The third kappa shape index (κ3) is 6.42. The molecule has 0 saturated carbocycles. The first-order chi connectivity index (χ1) is 24.1. The van der Waals surface area contributed by atoms with Gasteiger partial charge in [0.1, 0.15) is 46.8 Å². The number of hydrogen-bond donors (Lipinski definition) is 1. The molecule has 12 nitrogen and oxygen atoms in total. The molecule has 3 aliphatic heterocycles. The van der Waals surface area contributed by atoms with Crippen LogP contribution in [0.1, 0.15) is 39.7 Å². The molecule has 1 atom stereocenters. The van der Waals surface area contributed by atoms with Crippen molar-refractivity contribution < 1.29 is 18.7 Å². The average molecular weight is 680 g/mol. The second kappa shape index (κ2) is 13.4. The summed E-state index contributed by atoms with van der Waals surface area (Å²) in [6.45, 7) is 12.2. The third-order valence-corrected chi connectivity index (χ3v) is 10.3. The topological polar surface area (TPSA) is 139 Å². The lowest BCUT2D eigenvalue weighted by molar-refractivity contribution is -0.142. The molecule has 0 spiro atoms. The number of nitriles is 1. The summed E-state index contributed by atoms with van der Waals surface area (Å²) in [6, 6.07) is 15.7. The molecule has 3 aliphatic rings. The predicted octanol–water partition coefficient (Wildman–Crippen LogP) is 4.81. The number of nitrogen functional groups attached to an aromatic ring is 1. The first-order valence-electron chi connectivity index (χ1n) is 17.1. The van der Waals surface area contributed by atoms with Crippen LogP contribution in [0.3, 0.4) is 0 Å². The number of halogens is 1. The largest absolute Gasteiger partial charge is 0.457 e. The van der Waals surface area contributed by atoms with Gasteiger partial charge in [-0.3, -0.25) is 14.6 Å². The molecule has 2 N–H and O–H groups in total. The second-order valence-electron chi connectivity index (χ2n) is 14.1. The number of rotatable bonds is 8. The van der Waals surface area contributed by atoms with Crippen molar-refractivity contribution in [2.45, 2.75) is 50.7 Å². The number of anilines is 1. The van der Waals surface area contributed by atoms with Crippen molar-refractivity contribution in [3.8, 4) is 28.8 Å². The minimum atomic E-state index is -0.534. The van der Waals surface area contributed by atoms with Crippen LogP contribution in [0, 0.1) is 17.1 Å². The van der Waals surface area contributed by atoms with E-state index in [1.165, 1.54) is 12.4 Å². The number of likely N-dealkylation sites (tertiary alicyclic amines) is 1. The van der Waals surface area contributed by atoms with Crippen LogP contribution in [0.5, 0.6) is 11.5 Å². The van der Waals surface area contributed by atoms with Gasteiger partial charge in [-0.05, 0) is 64.0 Å². The lowest BCUT2D eigenvalue weighted by atomic mass is 9.94. The summed E-state index contributed by atoms with van der Waals surface area (Å²) in [5.41, 5.74) is 7.05. The molecule has 1 amide bonds. The van der Waals surface area contributed by atoms with Crippen molar-refractivity contribution in [2.75, 3.05) is 58.2 Å². The lowest BCUT2D eigenvalue weighted by Gasteiger charge is -2.52. The summed E-state index contributed by atoms with van der Waals surface area (Å²) >= 11 is 0. The van der Waals surface area contributed by atoms with Crippen LogP contribution in [0.25, 0.3) is 22.3 Å². The molecule has 0 aliphatic carbocycles. The monoisotopic (exact) mass is 679 g/mol. The highest BCUT2D eigenvalue weighted by molar-refractivity contribution is 5.99. The fraction of sp³-hybridized carbons (Fsp3) is 0.432. The van der Waals surface area contributed by atoms with Crippen LogP contribution in [-0.2, 0) is 9.53 Å². The van der Waals surface area contributed by atoms with Gasteiger partial charge in [-0.2, -0.15) is 10.4 Å².